The first kappa shape index (κ1) is 15.8. The van der Waals surface area contributed by atoms with E-state index in [1.165, 1.54) is 6.07 Å². The van der Waals surface area contributed by atoms with Gasteiger partial charge in [0.2, 0.25) is 5.91 Å². The van der Waals surface area contributed by atoms with Gasteiger partial charge in [0.15, 0.2) is 0 Å². The van der Waals surface area contributed by atoms with Crippen LogP contribution < -0.4 is 0 Å². The topological polar surface area (TPSA) is 53.4 Å². The van der Waals surface area contributed by atoms with Crippen LogP contribution in [0.15, 0.2) is 42.6 Å². The van der Waals surface area contributed by atoms with E-state index in [0.29, 0.717) is 0 Å². The lowest BCUT2D eigenvalue weighted by atomic mass is 9.97. The smallest absolute Gasteiger partial charge is 0.227 e. The van der Waals surface area contributed by atoms with Crippen LogP contribution in [0.25, 0.3) is 0 Å². The number of piperidine rings is 1. The summed E-state index contributed by atoms with van der Waals surface area (Å²) >= 11 is 5.92. The molecular formula is C18H19ClN2O2. The van der Waals surface area contributed by atoms with Gasteiger partial charge in [0.05, 0.1) is 23.2 Å². The highest BCUT2D eigenvalue weighted by Gasteiger charge is 2.28. The quantitative estimate of drug-likeness (QED) is 0.932. The molecule has 23 heavy (non-hydrogen) atoms. The van der Waals surface area contributed by atoms with Crippen LogP contribution in [0.5, 0.6) is 5.75 Å². The van der Waals surface area contributed by atoms with Crippen molar-refractivity contribution in [1.82, 2.24) is 9.88 Å². The molecule has 0 radical (unpaired) electrons. The van der Waals surface area contributed by atoms with Crippen LogP contribution in [0.4, 0.5) is 0 Å². The van der Waals surface area contributed by atoms with Crippen molar-refractivity contribution in [2.45, 2.75) is 31.7 Å². The number of hydrogen-bond acceptors (Lipinski definition) is 3. The molecule has 1 unspecified atom stereocenters. The summed E-state index contributed by atoms with van der Waals surface area (Å²) in [6.45, 7) is 0.756. The molecule has 0 aliphatic carbocycles. The zero-order valence-corrected chi connectivity index (χ0v) is 13.5. The maximum absolute atomic E-state index is 12.7. The summed E-state index contributed by atoms with van der Waals surface area (Å²) in [5.74, 6) is 0.106. The summed E-state index contributed by atoms with van der Waals surface area (Å²) in [7, 11) is 0. The van der Waals surface area contributed by atoms with Crippen molar-refractivity contribution >= 4 is 17.5 Å². The number of phenolic OH excluding ortho intramolecular Hbond substituents is 1. The molecule has 1 aliphatic heterocycles. The number of nitrogens with zero attached hydrogens (tertiary/aromatic N) is 2. The van der Waals surface area contributed by atoms with Gasteiger partial charge < -0.3 is 10.0 Å². The minimum Gasteiger partial charge on any atom is -0.506 e. The first-order chi connectivity index (χ1) is 11.1. The number of phenols is 1. The van der Waals surface area contributed by atoms with Crippen LogP contribution in [-0.2, 0) is 11.2 Å². The van der Waals surface area contributed by atoms with E-state index in [-0.39, 0.29) is 29.1 Å². The maximum Gasteiger partial charge on any atom is 0.227 e. The molecular weight excluding hydrogens is 312 g/mol. The molecule has 3 rings (SSSR count). The summed E-state index contributed by atoms with van der Waals surface area (Å²) < 4.78 is 0. The van der Waals surface area contributed by atoms with Gasteiger partial charge in [-0.2, -0.15) is 0 Å². The molecule has 1 aliphatic rings. The van der Waals surface area contributed by atoms with Gasteiger partial charge in [-0.25, -0.2) is 0 Å². The predicted molar refractivity (Wildman–Crippen MR) is 89.4 cm³/mol. The lowest BCUT2D eigenvalue weighted by molar-refractivity contribution is -0.134. The minimum absolute atomic E-state index is 0.0344. The number of halogens is 1. The van der Waals surface area contributed by atoms with E-state index in [4.69, 9.17) is 11.6 Å². The number of rotatable bonds is 3. The molecule has 5 heteroatoms. The fourth-order valence-electron chi connectivity index (χ4n) is 3.05. The van der Waals surface area contributed by atoms with Crippen molar-refractivity contribution < 1.29 is 9.90 Å². The highest BCUT2D eigenvalue weighted by Crippen LogP contribution is 2.30. The number of hydrogen-bond donors (Lipinski definition) is 1. The number of benzene rings is 1. The average Bonchev–Trinajstić information content (AvgIpc) is 2.59. The van der Waals surface area contributed by atoms with E-state index in [1.54, 1.807) is 18.3 Å². The third-order valence-electron chi connectivity index (χ3n) is 4.22. The van der Waals surface area contributed by atoms with Gasteiger partial charge in [0, 0.05) is 12.7 Å². The van der Waals surface area contributed by atoms with Crippen molar-refractivity contribution in [3.8, 4) is 5.75 Å². The fourth-order valence-corrected chi connectivity index (χ4v) is 3.25. The van der Waals surface area contributed by atoms with Crippen LogP contribution in [0.2, 0.25) is 5.02 Å². The van der Waals surface area contributed by atoms with Crippen LogP contribution >= 0.6 is 11.6 Å². The number of likely N-dealkylation sites (tertiary alicyclic amines) is 1. The number of amides is 1. The van der Waals surface area contributed by atoms with Crippen LogP contribution in [0.3, 0.4) is 0 Å². The number of aromatic hydroxyl groups is 1. The van der Waals surface area contributed by atoms with E-state index < -0.39 is 0 Å². The Morgan fingerprint density at radius 3 is 2.91 bits per heavy atom. The number of aromatic nitrogens is 1. The Labute approximate surface area is 140 Å². The Hall–Kier alpha value is -2.07. The molecule has 2 heterocycles. The molecule has 1 amide bonds. The van der Waals surface area contributed by atoms with Gasteiger partial charge in [-0.05, 0) is 49.1 Å². The molecule has 1 fully saturated rings. The van der Waals surface area contributed by atoms with Crippen molar-refractivity contribution in [1.29, 1.82) is 0 Å². The number of carbonyl (C=O) groups is 1. The highest BCUT2D eigenvalue weighted by molar-refractivity contribution is 6.32. The third-order valence-corrected chi connectivity index (χ3v) is 4.52. The third kappa shape index (κ3) is 3.64. The minimum atomic E-state index is 0.0344. The van der Waals surface area contributed by atoms with Crippen molar-refractivity contribution in [3.05, 3.63) is 58.9 Å². The second-order valence-corrected chi connectivity index (χ2v) is 6.22. The van der Waals surface area contributed by atoms with Crippen LogP contribution in [0.1, 0.15) is 36.6 Å². The van der Waals surface area contributed by atoms with E-state index in [0.717, 1.165) is 37.1 Å². The van der Waals surface area contributed by atoms with Gasteiger partial charge in [-0.15, -0.1) is 0 Å². The predicted octanol–water partition coefficient (Wildman–Crippen LogP) is 3.74. The lowest BCUT2D eigenvalue weighted by Gasteiger charge is -2.35. The molecule has 1 saturated heterocycles. The maximum atomic E-state index is 12.7. The average molecular weight is 331 g/mol. The summed E-state index contributed by atoms with van der Waals surface area (Å²) in [4.78, 5) is 19.1. The summed E-state index contributed by atoms with van der Waals surface area (Å²) in [6, 6.07) is 10.8. The Morgan fingerprint density at radius 1 is 1.30 bits per heavy atom. The second-order valence-electron chi connectivity index (χ2n) is 5.82. The van der Waals surface area contributed by atoms with Gasteiger partial charge >= 0.3 is 0 Å². The molecule has 0 spiro atoms. The Kier molecular flexibility index (Phi) is 4.82. The van der Waals surface area contributed by atoms with Crippen molar-refractivity contribution in [2.75, 3.05) is 6.54 Å². The second kappa shape index (κ2) is 7.01. The van der Waals surface area contributed by atoms with Gasteiger partial charge in [-0.1, -0.05) is 23.7 Å². The SMILES string of the molecule is O=C(Cc1ccc(O)c(Cl)c1)N1CCCCC1c1ccccn1. The van der Waals surface area contributed by atoms with Crippen LogP contribution in [0, 0.1) is 0 Å². The van der Waals surface area contributed by atoms with E-state index in [2.05, 4.69) is 4.98 Å². The first-order valence-electron chi connectivity index (χ1n) is 7.83. The van der Waals surface area contributed by atoms with Gasteiger partial charge in [-0.3, -0.25) is 9.78 Å². The monoisotopic (exact) mass is 330 g/mol. The molecule has 1 aromatic carbocycles. The van der Waals surface area contributed by atoms with Gasteiger partial charge in [0.1, 0.15) is 5.75 Å². The van der Waals surface area contributed by atoms with Crippen LogP contribution in [-0.4, -0.2) is 27.4 Å². The molecule has 1 N–H and O–H groups in total. The van der Waals surface area contributed by atoms with E-state index >= 15 is 0 Å². The zero-order valence-electron chi connectivity index (χ0n) is 12.8. The zero-order chi connectivity index (χ0) is 16.2. The lowest BCUT2D eigenvalue weighted by Crippen LogP contribution is -2.39. The summed E-state index contributed by atoms with van der Waals surface area (Å²) in [6.07, 6.45) is 5.12. The molecule has 1 atom stereocenters. The van der Waals surface area contributed by atoms with Gasteiger partial charge in [0.25, 0.3) is 0 Å². The molecule has 1 aromatic heterocycles. The summed E-state index contributed by atoms with van der Waals surface area (Å²) in [5, 5.41) is 9.76. The van der Waals surface area contributed by atoms with Crippen molar-refractivity contribution in [2.24, 2.45) is 0 Å². The van der Waals surface area contributed by atoms with E-state index in [9.17, 15) is 9.90 Å². The molecule has 2 aromatic rings. The Balaban J connectivity index is 1.77. The molecule has 120 valence electrons. The number of carbonyl (C=O) groups excluding carboxylic acids is 1. The molecule has 4 nitrogen and oxygen atoms in total. The summed E-state index contributed by atoms with van der Waals surface area (Å²) in [5.41, 5.74) is 1.76. The van der Waals surface area contributed by atoms with E-state index in [1.807, 2.05) is 23.1 Å². The normalized spacial score (nSPS) is 18.0. The number of pyridine rings is 1. The standard InChI is InChI=1S/C18H19ClN2O2/c19-14-11-13(7-8-17(14)22)12-18(23)21-10-4-2-6-16(21)15-5-1-3-9-20-15/h1,3,5,7-9,11,16,22H,2,4,6,10,12H2. The molecule has 0 bridgehead atoms. The highest BCUT2D eigenvalue weighted by atomic mass is 35.5. The Morgan fingerprint density at radius 2 is 2.17 bits per heavy atom. The van der Waals surface area contributed by atoms with Crippen molar-refractivity contribution in [3.63, 3.8) is 0 Å². The largest absolute Gasteiger partial charge is 0.506 e. The Bertz CT molecular complexity index is 691. The molecule has 0 saturated carbocycles. The first-order valence-corrected chi connectivity index (χ1v) is 8.21. The fraction of sp³-hybridized carbons (Fsp3) is 0.333.